The second-order valence-electron chi connectivity index (χ2n) is 6.16. The Morgan fingerprint density at radius 1 is 0.913 bits per heavy atom. The molecule has 3 aromatic rings. The van der Waals surface area contributed by atoms with Gasteiger partial charge in [-0.1, -0.05) is 0 Å². The van der Waals surface area contributed by atoms with Crippen LogP contribution in [0.4, 0.5) is 5.69 Å². The number of anilines is 1. The van der Waals surface area contributed by atoms with Gasteiger partial charge in [-0.05, 0) is 50.1 Å². The first-order chi connectivity index (χ1) is 11.2. The van der Waals surface area contributed by atoms with E-state index in [1.165, 1.54) is 31.6 Å². The van der Waals surface area contributed by atoms with Crippen molar-refractivity contribution in [2.45, 2.75) is 19.8 Å². The molecule has 4 rings (SSSR count). The highest BCUT2D eigenvalue weighted by Gasteiger charge is 2.13. The third-order valence-electron chi connectivity index (χ3n) is 4.46. The molecular formula is C18H21N5. The van der Waals surface area contributed by atoms with Crippen molar-refractivity contribution in [3.8, 4) is 16.9 Å². The number of nitrogens with zero attached hydrogens (tertiary/aromatic N) is 5. The lowest BCUT2D eigenvalue weighted by molar-refractivity contribution is 0.756. The summed E-state index contributed by atoms with van der Waals surface area (Å²) in [5.74, 6) is 0. The lowest BCUT2D eigenvalue weighted by Crippen LogP contribution is -2.17. The van der Waals surface area contributed by atoms with Crippen molar-refractivity contribution in [1.29, 1.82) is 0 Å². The van der Waals surface area contributed by atoms with Gasteiger partial charge < -0.3 is 4.90 Å². The van der Waals surface area contributed by atoms with Gasteiger partial charge in [0.25, 0.3) is 0 Å². The molecule has 0 aliphatic carbocycles. The maximum Gasteiger partial charge on any atom is 0.0961 e. The van der Waals surface area contributed by atoms with Gasteiger partial charge in [0.05, 0.1) is 17.1 Å². The van der Waals surface area contributed by atoms with E-state index >= 15 is 0 Å². The normalized spacial score (nSPS) is 14.6. The van der Waals surface area contributed by atoms with Crippen LogP contribution in [0.5, 0.6) is 0 Å². The lowest BCUT2D eigenvalue weighted by Gasteiger charge is -2.17. The predicted molar refractivity (Wildman–Crippen MR) is 92.0 cm³/mol. The summed E-state index contributed by atoms with van der Waals surface area (Å²) in [5.41, 5.74) is 5.43. The second-order valence-corrected chi connectivity index (χ2v) is 6.16. The van der Waals surface area contributed by atoms with E-state index in [0.29, 0.717) is 0 Å². The first-order valence-electron chi connectivity index (χ1n) is 8.12. The van der Waals surface area contributed by atoms with E-state index in [1.807, 2.05) is 41.8 Å². The van der Waals surface area contributed by atoms with Gasteiger partial charge in [0.2, 0.25) is 0 Å². The molecule has 0 unspecified atom stereocenters. The van der Waals surface area contributed by atoms with E-state index < -0.39 is 0 Å². The minimum Gasteiger partial charge on any atom is -0.372 e. The highest BCUT2D eigenvalue weighted by Crippen LogP contribution is 2.24. The standard InChI is InChI=1S/C18H21N5/c1-14-17(13-21(2)19-14)18-9-12-23(20-18)16-7-5-15(6-8-16)22-10-3-4-11-22/h5-9,12-13H,3-4,10-11H2,1-2H3. The Labute approximate surface area is 136 Å². The van der Waals surface area contributed by atoms with E-state index in [1.54, 1.807) is 0 Å². The molecule has 0 amide bonds. The van der Waals surface area contributed by atoms with Crippen molar-refractivity contribution in [2.24, 2.45) is 7.05 Å². The van der Waals surface area contributed by atoms with Gasteiger partial charge in [-0.2, -0.15) is 10.2 Å². The molecule has 1 aliphatic heterocycles. The summed E-state index contributed by atoms with van der Waals surface area (Å²) in [6, 6.07) is 10.7. The molecule has 1 saturated heterocycles. The zero-order chi connectivity index (χ0) is 15.8. The summed E-state index contributed by atoms with van der Waals surface area (Å²) in [7, 11) is 1.94. The molecule has 0 N–H and O–H groups in total. The molecule has 5 nitrogen and oxygen atoms in total. The molecule has 5 heteroatoms. The molecule has 118 valence electrons. The van der Waals surface area contributed by atoms with Crippen LogP contribution in [0.3, 0.4) is 0 Å². The van der Waals surface area contributed by atoms with Crippen molar-refractivity contribution >= 4 is 5.69 Å². The smallest absolute Gasteiger partial charge is 0.0961 e. The number of aryl methyl sites for hydroxylation is 2. The SMILES string of the molecule is Cc1nn(C)cc1-c1ccn(-c2ccc(N3CCCC3)cc2)n1. The van der Waals surface area contributed by atoms with E-state index in [9.17, 15) is 0 Å². The Kier molecular flexibility index (Phi) is 3.41. The quantitative estimate of drug-likeness (QED) is 0.746. The maximum atomic E-state index is 4.70. The highest BCUT2D eigenvalue weighted by atomic mass is 15.3. The minimum atomic E-state index is 0.958. The van der Waals surface area contributed by atoms with Gasteiger partial charge >= 0.3 is 0 Å². The van der Waals surface area contributed by atoms with Gasteiger partial charge in [-0.25, -0.2) is 4.68 Å². The molecule has 0 saturated carbocycles. The molecule has 1 aliphatic rings. The minimum absolute atomic E-state index is 0.958. The molecule has 1 aromatic carbocycles. The van der Waals surface area contributed by atoms with Crippen LogP contribution in [0.25, 0.3) is 16.9 Å². The lowest BCUT2D eigenvalue weighted by atomic mass is 10.2. The van der Waals surface area contributed by atoms with Crippen LogP contribution >= 0.6 is 0 Å². The summed E-state index contributed by atoms with van der Waals surface area (Å²) >= 11 is 0. The van der Waals surface area contributed by atoms with Crippen molar-refractivity contribution in [1.82, 2.24) is 19.6 Å². The summed E-state index contributed by atoms with van der Waals surface area (Å²) < 4.78 is 3.75. The Morgan fingerprint density at radius 2 is 1.61 bits per heavy atom. The molecule has 0 spiro atoms. The molecule has 0 bridgehead atoms. The molecule has 0 radical (unpaired) electrons. The van der Waals surface area contributed by atoms with Crippen molar-refractivity contribution in [3.63, 3.8) is 0 Å². The van der Waals surface area contributed by atoms with Gasteiger partial charge in [0, 0.05) is 43.8 Å². The molecular weight excluding hydrogens is 286 g/mol. The Balaban J connectivity index is 1.60. The fourth-order valence-corrected chi connectivity index (χ4v) is 3.25. The molecule has 3 heterocycles. The van der Waals surface area contributed by atoms with E-state index in [2.05, 4.69) is 34.3 Å². The van der Waals surface area contributed by atoms with Gasteiger partial charge in [-0.3, -0.25) is 4.68 Å². The third-order valence-corrected chi connectivity index (χ3v) is 4.46. The van der Waals surface area contributed by atoms with Crippen molar-refractivity contribution < 1.29 is 0 Å². The number of aromatic nitrogens is 4. The number of rotatable bonds is 3. The Bertz CT molecular complexity index is 806. The van der Waals surface area contributed by atoms with Crippen molar-refractivity contribution in [3.05, 3.63) is 48.4 Å². The van der Waals surface area contributed by atoms with Gasteiger partial charge in [-0.15, -0.1) is 0 Å². The van der Waals surface area contributed by atoms with E-state index in [-0.39, 0.29) is 0 Å². The number of hydrogen-bond donors (Lipinski definition) is 0. The third kappa shape index (κ3) is 2.63. The summed E-state index contributed by atoms with van der Waals surface area (Å²) in [4.78, 5) is 2.44. The highest BCUT2D eigenvalue weighted by molar-refractivity contribution is 5.61. The van der Waals surface area contributed by atoms with E-state index in [4.69, 9.17) is 5.10 Å². The monoisotopic (exact) mass is 307 g/mol. The summed E-state index contributed by atoms with van der Waals surface area (Å²) in [6.45, 7) is 4.36. The van der Waals surface area contributed by atoms with Crippen LogP contribution in [-0.2, 0) is 7.05 Å². The van der Waals surface area contributed by atoms with Gasteiger partial charge in [0.1, 0.15) is 0 Å². The average Bonchev–Trinajstić information content (AvgIpc) is 3.28. The Hall–Kier alpha value is -2.56. The Morgan fingerprint density at radius 3 is 2.26 bits per heavy atom. The zero-order valence-corrected chi connectivity index (χ0v) is 13.6. The number of hydrogen-bond acceptors (Lipinski definition) is 3. The first-order valence-corrected chi connectivity index (χ1v) is 8.12. The maximum absolute atomic E-state index is 4.70. The van der Waals surface area contributed by atoms with Crippen molar-refractivity contribution in [2.75, 3.05) is 18.0 Å². The van der Waals surface area contributed by atoms with Crippen LogP contribution < -0.4 is 4.90 Å². The molecule has 1 fully saturated rings. The van der Waals surface area contributed by atoms with Crippen LogP contribution in [0.15, 0.2) is 42.7 Å². The fourth-order valence-electron chi connectivity index (χ4n) is 3.25. The average molecular weight is 307 g/mol. The topological polar surface area (TPSA) is 38.9 Å². The second kappa shape index (κ2) is 5.57. The summed E-state index contributed by atoms with van der Waals surface area (Å²) in [5, 5.41) is 9.09. The largest absolute Gasteiger partial charge is 0.372 e. The molecule has 23 heavy (non-hydrogen) atoms. The van der Waals surface area contributed by atoms with Crippen LogP contribution in [0.2, 0.25) is 0 Å². The van der Waals surface area contributed by atoms with Gasteiger partial charge in [0.15, 0.2) is 0 Å². The van der Waals surface area contributed by atoms with Crippen LogP contribution in [0.1, 0.15) is 18.5 Å². The zero-order valence-electron chi connectivity index (χ0n) is 13.6. The van der Waals surface area contributed by atoms with E-state index in [0.717, 1.165) is 22.6 Å². The van der Waals surface area contributed by atoms with Crippen LogP contribution in [0, 0.1) is 6.92 Å². The summed E-state index contributed by atoms with van der Waals surface area (Å²) in [6.07, 6.45) is 6.62. The van der Waals surface area contributed by atoms with Crippen LogP contribution in [-0.4, -0.2) is 32.7 Å². The molecule has 0 atom stereocenters. The first kappa shape index (κ1) is 14.1. The predicted octanol–water partition coefficient (Wildman–Crippen LogP) is 3.18. The fraction of sp³-hybridized carbons (Fsp3) is 0.333. The number of benzene rings is 1. The molecule has 2 aromatic heterocycles.